The van der Waals surface area contributed by atoms with E-state index in [1.165, 1.54) is 28.3 Å². The molecule has 18 nitrogen and oxygen atoms in total. The van der Waals surface area contributed by atoms with E-state index < -0.39 is 58.9 Å². The molecule has 4 rings (SSSR count). The molecule has 0 unspecified atom stereocenters. The molecule has 6 amide bonds. The molecule has 20 heteroatoms. The Kier molecular flexibility index (Phi) is 9.09. The van der Waals surface area contributed by atoms with Gasteiger partial charge in [-0.2, -0.15) is 0 Å². The number of nitrogens with zero attached hydrogens (tertiary/aromatic N) is 7. The third-order valence-electron chi connectivity index (χ3n) is 6.88. The van der Waals surface area contributed by atoms with Gasteiger partial charge in [0.25, 0.3) is 11.6 Å². The molecule has 3 aliphatic heterocycles. The molecule has 0 spiro atoms. The standard InChI is InChI=1S/C22H29N9O9S2/c1-5-29-6-7-30(16(35)15(29)34)20(39)23-12(10(2)32)14(33)24-22(40-4)18(38)31-13(17(36)37)11(8-41-19(22)31)9-42-21-25-26-27-28(21)3/h10,12,19,32H,5-9H2,1-4H3,(H,23,39)(H,24,33)(H,36,37)/t10-,12-,19-,22+/m1/s1. The predicted octanol–water partition coefficient (Wildman–Crippen LogP) is -2.84. The highest BCUT2D eigenvalue weighted by molar-refractivity contribution is 8.01. The molecular weight excluding hydrogens is 598 g/mol. The van der Waals surface area contributed by atoms with E-state index in [9.17, 15) is 39.0 Å². The fraction of sp³-hybridized carbons (Fsp3) is 0.591. The number of aliphatic carboxylic acids is 1. The number of β-lactam (4-membered cyclic amide) rings is 1. The Morgan fingerprint density at radius 1 is 1.24 bits per heavy atom. The number of imide groups is 1. The van der Waals surface area contributed by atoms with Crippen LogP contribution < -0.4 is 10.6 Å². The van der Waals surface area contributed by atoms with Crippen LogP contribution in [-0.2, 0) is 35.8 Å². The number of tetrazole rings is 1. The van der Waals surface area contributed by atoms with Gasteiger partial charge in [-0.3, -0.25) is 29.0 Å². The normalized spacial score (nSPS) is 23.8. The molecule has 0 aromatic carbocycles. The highest BCUT2D eigenvalue weighted by Gasteiger charge is 2.67. The van der Waals surface area contributed by atoms with E-state index in [2.05, 4.69) is 26.2 Å². The molecule has 42 heavy (non-hydrogen) atoms. The Morgan fingerprint density at radius 3 is 2.52 bits per heavy atom. The van der Waals surface area contributed by atoms with Gasteiger partial charge >= 0.3 is 23.8 Å². The summed E-state index contributed by atoms with van der Waals surface area (Å²) >= 11 is 2.33. The molecule has 0 radical (unpaired) electrons. The minimum Gasteiger partial charge on any atom is -0.477 e. The van der Waals surface area contributed by atoms with Gasteiger partial charge < -0.3 is 30.5 Å². The van der Waals surface area contributed by atoms with Crippen molar-refractivity contribution in [3.05, 3.63) is 11.3 Å². The zero-order valence-corrected chi connectivity index (χ0v) is 24.6. The lowest BCUT2D eigenvalue weighted by atomic mass is 9.97. The number of carbonyl (C=O) groups excluding carboxylic acids is 5. The summed E-state index contributed by atoms with van der Waals surface area (Å²) in [5.74, 6) is -4.87. The summed E-state index contributed by atoms with van der Waals surface area (Å²) in [5, 5.41) is 35.5. The number of urea groups is 1. The average molecular weight is 628 g/mol. The number of piperazine rings is 1. The molecule has 228 valence electrons. The van der Waals surface area contributed by atoms with Crippen LogP contribution in [0.4, 0.5) is 4.79 Å². The number of ether oxygens (including phenoxy) is 1. The van der Waals surface area contributed by atoms with Crippen molar-refractivity contribution in [1.82, 2.24) is 45.5 Å². The number of rotatable bonds is 10. The second-order valence-electron chi connectivity index (χ2n) is 9.41. The smallest absolute Gasteiger partial charge is 0.352 e. The van der Waals surface area contributed by atoms with Gasteiger partial charge in [0, 0.05) is 45.3 Å². The van der Waals surface area contributed by atoms with E-state index in [0.717, 1.165) is 23.8 Å². The molecule has 0 aliphatic carbocycles. The third kappa shape index (κ3) is 5.41. The molecule has 3 aliphatic rings. The number of likely N-dealkylation sites (N-methyl/N-ethyl adjacent to an activating group) is 1. The number of fused-ring (bicyclic) bond motifs is 1. The lowest BCUT2D eigenvalue weighted by molar-refractivity contribution is -0.193. The first-order chi connectivity index (χ1) is 19.9. The van der Waals surface area contributed by atoms with Gasteiger partial charge in [-0.05, 0) is 29.8 Å². The van der Waals surface area contributed by atoms with Crippen molar-refractivity contribution >= 4 is 59.2 Å². The number of hydrogen-bond acceptors (Lipinski definition) is 13. The van der Waals surface area contributed by atoms with E-state index in [1.54, 1.807) is 14.0 Å². The third-order valence-corrected chi connectivity index (χ3v) is 9.35. The van der Waals surface area contributed by atoms with Gasteiger partial charge in [0.1, 0.15) is 17.1 Å². The number of hydrogen-bond donors (Lipinski definition) is 4. The van der Waals surface area contributed by atoms with Gasteiger partial charge in [0.2, 0.25) is 11.1 Å². The first kappa shape index (κ1) is 31.2. The van der Waals surface area contributed by atoms with Crippen molar-refractivity contribution in [2.75, 3.05) is 38.2 Å². The minimum atomic E-state index is -2.01. The number of nitrogens with one attached hydrogen (secondary N) is 2. The maximum atomic E-state index is 13.4. The Morgan fingerprint density at radius 2 is 1.95 bits per heavy atom. The lowest BCUT2D eigenvalue weighted by Gasteiger charge is -2.56. The molecule has 2 fully saturated rings. The van der Waals surface area contributed by atoms with E-state index in [0.29, 0.717) is 15.6 Å². The van der Waals surface area contributed by atoms with Gasteiger partial charge in [-0.1, -0.05) is 11.8 Å². The Bertz CT molecular complexity index is 1350. The van der Waals surface area contributed by atoms with Crippen LogP contribution in [0.2, 0.25) is 0 Å². The fourth-order valence-electron chi connectivity index (χ4n) is 4.60. The van der Waals surface area contributed by atoms with Crippen molar-refractivity contribution in [2.45, 2.75) is 42.2 Å². The number of methoxy groups -OCH3 is 1. The molecule has 2 saturated heterocycles. The van der Waals surface area contributed by atoms with Crippen LogP contribution in [0.25, 0.3) is 0 Å². The number of thioether (sulfide) groups is 2. The Balaban J connectivity index is 1.49. The van der Waals surface area contributed by atoms with Crippen molar-refractivity contribution in [3.63, 3.8) is 0 Å². The van der Waals surface area contributed by atoms with E-state index in [4.69, 9.17) is 4.74 Å². The highest BCUT2D eigenvalue weighted by Crippen LogP contribution is 2.47. The Hall–Kier alpha value is -3.75. The van der Waals surface area contributed by atoms with E-state index in [-0.39, 0.29) is 36.8 Å². The van der Waals surface area contributed by atoms with Crippen LogP contribution >= 0.6 is 23.5 Å². The second-order valence-corrected chi connectivity index (χ2v) is 11.4. The molecule has 1 aromatic heterocycles. The molecule has 0 bridgehead atoms. The summed E-state index contributed by atoms with van der Waals surface area (Å²) in [7, 11) is 2.78. The van der Waals surface area contributed by atoms with Crippen molar-refractivity contribution in [1.29, 1.82) is 0 Å². The van der Waals surface area contributed by atoms with Gasteiger partial charge in [-0.15, -0.1) is 16.9 Å². The van der Waals surface area contributed by atoms with E-state index in [1.807, 2.05) is 0 Å². The average Bonchev–Trinajstić information content (AvgIpc) is 3.37. The van der Waals surface area contributed by atoms with Crippen LogP contribution in [0.1, 0.15) is 13.8 Å². The van der Waals surface area contributed by atoms with Gasteiger partial charge in [-0.25, -0.2) is 14.3 Å². The van der Waals surface area contributed by atoms with Crippen LogP contribution in [0.15, 0.2) is 16.4 Å². The zero-order valence-electron chi connectivity index (χ0n) is 23.0. The van der Waals surface area contributed by atoms with Crippen LogP contribution in [-0.4, -0.2) is 142 Å². The van der Waals surface area contributed by atoms with Gasteiger partial charge in [0.15, 0.2) is 0 Å². The summed E-state index contributed by atoms with van der Waals surface area (Å²) in [5.41, 5.74) is -1.84. The molecule has 4 N–H and O–H groups in total. The minimum absolute atomic E-state index is 0.103. The van der Waals surface area contributed by atoms with Crippen LogP contribution in [0.5, 0.6) is 0 Å². The first-order valence-electron chi connectivity index (χ1n) is 12.6. The maximum Gasteiger partial charge on any atom is 0.352 e. The number of aromatic nitrogens is 4. The van der Waals surface area contributed by atoms with Crippen LogP contribution in [0.3, 0.4) is 0 Å². The SMILES string of the molecule is CCN1CCN(C(=O)N[C@@H](C(=O)N[C@]2(OC)C(=O)N3C(C(=O)O)=C(CSc4nnnn4C)CS[C@@H]32)[C@@H](C)O)C(=O)C1=O. The Labute approximate surface area is 247 Å². The monoisotopic (exact) mass is 627 g/mol. The maximum absolute atomic E-state index is 13.4. The van der Waals surface area contributed by atoms with Gasteiger partial charge in [0.05, 0.1) is 6.10 Å². The van der Waals surface area contributed by atoms with Crippen molar-refractivity contribution in [3.8, 4) is 0 Å². The van der Waals surface area contributed by atoms with E-state index >= 15 is 0 Å². The summed E-state index contributed by atoms with van der Waals surface area (Å²) in [6, 6.07) is -2.74. The predicted molar refractivity (Wildman–Crippen MR) is 143 cm³/mol. The fourth-order valence-corrected chi connectivity index (χ4v) is 7.02. The largest absolute Gasteiger partial charge is 0.477 e. The number of amides is 6. The summed E-state index contributed by atoms with van der Waals surface area (Å²) in [4.78, 5) is 79.3. The molecule has 4 heterocycles. The molecule has 4 atom stereocenters. The molecule has 1 aromatic rings. The summed E-state index contributed by atoms with van der Waals surface area (Å²) < 4.78 is 6.84. The lowest BCUT2D eigenvalue weighted by Crippen LogP contribution is -2.81. The zero-order chi connectivity index (χ0) is 30.9. The highest BCUT2D eigenvalue weighted by atomic mass is 32.2. The summed E-state index contributed by atoms with van der Waals surface area (Å²) in [6.45, 7) is 3.15. The number of aliphatic hydroxyl groups is 1. The number of carboxylic acids is 1. The number of aryl methyl sites for hydroxylation is 1. The first-order valence-corrected chi connectivity index (χ1v) is 14.6. The summed E-state index contributed by atoms with van der Waals surface area (Å²) in [6.07, 6.45) is -1.50. The number of aliphatic hydroxyl groups excluding tert-OH is 1. The molecular formula is C22H29N9O9S2. The molecule has 0 saturated carbocycles. The van der Waals surface area contributed by atoms with Crippen molar-refractivity contribution < 1.29 is 43.7 Å². The number of carbonyl (C=O) groups is 6. The quantitative estimate of drug-likeness (QED) is 0.0887. The number of carboxylic acid groups (broad SMARTS) is 1. The topological polar surface area (TPSA) is 229 Å². The van der Waals surface area contributed by atoms with Crippen molar-refractivity contribution in [2.24, 2.45) is 7.05 Å². The second kappa shape index (κ2) is 12.2. The van der Waals surface area contributed by atoms with Crippen LogP contribution in [0, 0.1) is 0 Å².